The van der Waals surface area contributed by atoms with Crippen LogP contribution in [0.2, 0.25) is 0 Å². The molecular formula is C14H11NOS. The molecule has 0 fully saturated rings. The maximum absolute atomic E-state index is 5.41. The fourth-order valence-electron chi connectivity index (χ4n) is 1.95. The first-order chi connectivity index (χ1) is 8.24. The predicted molar refractivity (Wildman–Crippen MR) is 71.6 cm³/mol. The van der Waals surface area contributed by atoms with E-state index < -0.39 is 0 Å². The molecule has 17 heavy (non-hydrogen) atoms. The van der Waals surface area contributed by atoms with Crippen LogP contribution in [-0.4, -0.2) is 4.98 Å². The molecule has 1 N–H and O–H groups in total. The van der Waals surface area contributed by atoms with Gasteiger partial charge >= 0.3 is 0 Å². The molecule has 1 heterocycles. The molecule has 2 aromatic carbocycles. The Hall–Kier alpha value is -1.87. The molecule has 0 bridgehead atoms. The van der Waals surface area contributed by atoms with Gasteiger partial charge in [-0.1, -0.05) is 42.0 Å². The number of aromatic nitrogens is 1. The van der Waals surface area contributed by atoms with E-state index in [1.807, 2.05) is 12.1 Å². The number of aryl methyl sites for hydroxylation is 1. The quantitative estimate of drug-likeness (QED) is 0.637. The maximum atomic E-state index is 5.41. The summed E-state index contributed by atoms with van der Waals surface area (Å²) in [6, 6.07) is 14.4. The molecule has 0 saturated heterocycles. The van der Waals surface area contributed by atoms with E-state index in [0.29, 0.717) is 4.84 Å². The van der Waals surface area contributed by atoms with Crippen molar-refractivity contribution in [3.05, 3.63) is 52.9 Å². The molecule has 3 heteroatoms. The Morgan fingerprint density at radius 2 is 1.82 bits per heavy atom. The number of para-hydroxylation sites is 1. The Morgan fingerprint density at radius 3 is 2.59 bits per heavy atom. The lowest BCUT2D eigenvalue weighted by molar-refractivity contribution is 0.583. The van der Waals surface area contributed by atoms with Crippen molar-refractivity contribution in [2.24, 2.45) is 0 Å². The minimum atomic E-state index is 0.416. The van der Waals surface area contributed by atoms with Gasteiger partial charge in [0.2, 0.25) is 0 Å². The molecule has 84 valence electrons. The summed E-state index contributed by atoms with van der Waals surface area (Å²) in [5.74, 6) is 0. The fraction of sp³-hybridized carbons (Fsp3) is 0.0714. The molecule has 1 aromatic heterocycles. The molecular weight excluding hydrogens is 230 g/mol. The van der Waals surface area contributed by atoms with Gasteiger partial charge in [-0.05, 0) is 30.8 Å². The molecule has 0 spiro atoms. The van der Waals surface area contributed by atoms with Gasteiger partial charge in [-0.25, -0.2) is 0 Å². The zero-order valence-corrected chi connectivity index (χ0v) is 10.2. The van der Waals surface area contributed by atoms with Gasteiger partial charge < -0.3 is 9.40 Å². The van der Waals surface area contributed by atoms with Crippen LogP contribution in [0.3, 0.4) is 0 Å². The van der Waals surface area contributed by atoms with Crippen molar-refractivity contribution in [1.29, 1.82) is 0 Å². The summed E-state index contributed by atoms with van der Waals surface area (Å²) < 4.78 is 5.41. The van der Waals surface area contributed by atoms with Gasteiger partial charge in [0.15, 0.2) is 5.58 Å². The SMILES string of the molecule is Cc1ccc(-c2cccc3oc(=S)[nH]c23)cc1. The third-order valence-corrected chi connectivity index (χ3v) is 3.00. The second-order valence-corrected chi connectivity index (χ2v) is 4.43. The van der Waals surface area contributed by atoms with Crippen molar-refractivity contribution in [1.82, 2.24) is 4.98 Å². The van der Waals surface area contributed by atoms with E-state index in [4.69, 9.17) is 16.6 Å². The van der Waals surface area contributed by atoms with E-state index in [0.717, 1.165) is 22.2 Å². The first-order valence-electron chi connectivity index (χ1n) is 5.43. The molecule has 0 radical (unpaired) electrons. The average molecular weight is 241 g/mol. The number of aromatic amines is 1. The van der Waals surface area contributed by atoms with E-state index in [1.165, 1.54) is 5.56 Å². The lowest BCUT2D eigenvalue weighted by Gasteiger charge is -2.02. The van der Waals surface area contributed by atoms with Crippen LogP contribution in [0.25, 0.3) is 22.2 Å². The van der Waals surface area contributed by atoms with Crippen molar-refractivity contribution in [3.8, 4) is 11.1 Å². The Morgan fingerprint density at radius 1 is 1.06 bits per heavy atom. The summed E-state index contributed by atoms with van der Waals surface area (Å²) in [7, 11) is 0. The number of hydrogen-bond acceptors (Lipinski definition) is 2. The third kappa shape index (κ3) is 1.78. The molecule has 0 atom stereocenters. The Balaban J connectivity index is 2.29. The molecule has 0 amide bonds. The molecule has 3 aromatic rings. The number of benzene rings is 2. The Labute approximate surface area is 104 Å². The normalized spacial score (nSPS) is 10.9. The third-order valence-electron chi connectivity index (χ3n) is 2.82. The zero-order chi connectivity index (χ0) is 11.8. The van der Waals surface area contributed by atoms with Gasteiger partial charge in [-0.15, -0.1) is 0 Å². The van der Waals surface area contributed by atoms with Crippen LogP contribution in [0.15, 0.2) is 46.9 Å². The number of nitrogens with one attached hydrogen (secondary N) is 1. The summed E-state index contributed by atoms with van der Waals surface area (Å²) in [5.41, 5.74) is 5.28. The highest BCUT2D eigenvalue weighted by Gasteiger charge is 2.06. The highest BCUT2D eigenvalue weighted by atomic mass is 32.1. The van der Waals surface area contributed by atoms with Crippen LogP contribution >= 0.6 is 12.2 Å². The topological polar surface area (TPSA) is 28.9 Å². The standard InChI is InChI=1S/C14H11NOS/c1-9-5-7-10(8-6-9)11-3-2-4-12-13(11)15-14(17)16-12/h2-8H,1H3,(H,15,17). The molecule has 3 rings (SSSR count). The van der Waals surface area contributed by atoms with E-state index in [1.54, 1.807) is 0 Å². The summed E-state index contributed by atoms with van der Waals surface area (Å²) in [6.45, 7) is 2.08. The number of hydrogen-bond donors (Lipinski definition) is 1. The molecule has 0 unspecified atom stereocenters. The minimum absolute atomic E-state index is 0.416. The molecule has 0 aliphatic heterocycles. The van der Waals surface area contributed by atoms with Crippen LogP contribution in [-0.2, 0) is 0 Å². The van der Waals surface area contributed by atoms with E-state index >= 15 is 0 Å². The van der Waals surface area contributed by atoms with Crippen molar-refractivity contribution in [2.75, 3.05) is 0 Å². The second kappa shape index (κ2) is 3.86. The largest absolute Gasteiger partial charge is 0.429 e. The van der Waals surface area contributed by atoms with Crippen LogP contribution < -0.4 is 0 Å². The molecule has 0 aliphatic rings. The van der Waals surface area contributed by atoms with Gasteiger partial charge in [0.1, 0.15) is 0 Å². The van der Waals surface area contributed by atoms with Gasteiger partial charge in [0, 0.05) is 5.56 Å². The maximum Gasteiger partial charge on any atom is 0.266 e. The Kier molecular flexibility index (Phi) is 2.34. The summed E-state index contributed by atoms with van der Waals surface area (Å²) in [5, 5.41) is 0. The van der Waals surface area contributed by atoms with Gasteiger partial charge in [-0.3, -0.25) is 0 Å². The first kappa shape index (κ1) is 10.3. The number of fused-ring (bicyclic) bond motifs is 1. The van der Waals surface area contributed by atoms with Crippen molar-refractivity contribution in [3.63, 3.8) is 0 Å². The highest BCUT2D eigenvalue weighted by Crippen LogP contribution is 2.27. The van der Waals surface area contributed by atoms with Crippen molar-refractivity contribution in [2.45, 2.75) is 6.92 Å². The summed E-state index contributed by atoms with van der Waals surface area (Å²) >= 11 is 5.02. The van der Waals surface area contributed by atoms with Crippen LogP contribution in [0, 0.1) is 11.8 Å². The summed E-state index contributed by atoms with van der Waals surface area (Å²) in [6.07, 6.45) is 0. The van der Waals surface area contributed by atoms with Gasteiger partial charge in [-0.2, -0.15) is 0 Å². The molecule has 2 nitrogen and oxygen atoms in total. The van der Waals surface area contributed by atoms with Crippen LogP contribution in [0.5, 0.6) is 0 Å². The summed E-state index contributed by atoms with van der Waals surface area (Å²) in [4.78, 5) is 3.50. The van der Waals surface area contributed by atoms with E-state index in [2.05, 4.69) is 42.2 Å². The smallest absolute Gasteiger partial charge is 0.266 e. The van der Waals surface area contributed by atoms with Crippen LogP contribution in [0.1, 0.15) is 5.56 Å². The predicted octanol–water partition coefficient (Wildman–Crippen LogP) is 4.47. The van der Waals surface area contributed by atoms with Gasteiger partial charge in [0.25, 0.3) is 4.84 Å². The lowest BCUT2D eigenvalue weighted by Crippen LogP contribution is -1.80. The van der Waals surface area contributed by atoms with Crippen molar-refractivity contribution < 1.29 is 4.42 Å². The zero-order valence-electron chi connectivity index (χ0n) is 9.36. The van der Waals surface area contributed by atoms with E-state index in [9.17, 15) is 0 Å². The lowest BCUT2D eigenvalue weighted by atomic mass is 10.0. The van der Waals surface area contributed by atoms with E-state index in [-0.39, 0.29) is 0 Å². The molecule has 0 saturated carbocycles. The highest BCUT2D eigenvalue weighted by molar-refractivity contribution is 7.71. The van der Waals surface area contributed by atoms with Crippen molar-refractivity contribution >= 4 is 23.3 Å². The van der Waals surface area contributed by atoms with Gasteiger partial charge in [0.05, 0.1) is 5.52 Å². The monoisotopic (exact) mass is 241 g/mol. The fourth-order valence-corrected chi connectivity index (χ4v) is 2.14. The number of rotatable bonds is 1. The number of H-pyrrole nitrogens is 1. The Bertz CT molecular complexity index is 722. The first-order valence-corrected chi connectivity index (χ1v) is 5.84. The van der Waals surface area contributed by atoms with Crippen LogP contribution in [0.4, 0.5) is 0 Å². The second-order valence-electron chi connectivity index (χ2n) is 4.06. The minimum Gasteiger partial charge on any atom is -0.429 e. The molecule has 0 aliphatic carbocycles. The average Bonchev–Trinajstić information content (AvgIpc) is 2.70. The number of oxazole rings is 1.